The van der Waals surface area contributed by atoms with Crippen LogP contribution in [0.3, 0.4) is 0 Å². The molecule has 5 nitrogen and oxygen atoms in total. The molecule has 1 N–H and O–H groups in total. The third kappa shape index (κ3) is 3.13. The van der Waals surface area contributed by atoms with Gasteiger partial charge in [0.2, 0.25) is 0 Å². The van der Waals surface area contributed by atoms with Crippen LogP contribution >= 0.6 is 0 Å². The number of nitrogens with zero attached hydrogens (tertiary/aromatic N) is 4. The van der Waals surface area contributed by atoms with E-state index in [9.17, 15) is 5.26 Å². The molecule has 146 valence electrons. The highest BCUT2D eigenvalue weighted by Crippen LogP contribution is 2.28. The van der Waals surface area contributed by atoms with E-state index in [1.165, 1.54) is 11.1 Å². The van der Waals surface area contributed by atoms with Crippen molar-refractivity contribution in [3.8, 4) is 6.07 Å². The lowest BCUT2D eigenvalue weighted by atomic mass is 10.1. The van der Waals surface area contributed by atoms with Gasteiger partial charge in [-0.15, -0.1) is 0 Å². The summed E-state index contributed by atoms with van der Waals surface area (Å²) >= 11 is 0. The predicted octanol–water partition coefficient (Wildman–Crippen LogP) is 5.29. The van der Waals surface area contributed by atoms with Crippen LogP contribution in [-0.2, 0) is 6.42 Å². The second-order valence-corrected chi connectivity index (χ2v) is 7.65. The first-order chi connectivity index (χ1) is 14.6. The van der Waals surface area contributed by atoms with Crippen LogP contribution < -0.4 is 0 Å². The molecule has 0 aliphatic heterocycles. The van der Waals surface area contributed by atoms with Crippen LogP contribution in [0.5, 0.6) is 0 Å². The first-order valence-corrected chi connectivity index (χ1v) is 10.0. The summed E-state index contributed by atoms with van der Waals surface area (Å²) in [6.45, 7) is 4.15. The molecule has 0 saturated heterocycles. The van der Waals surface area contributed by atoms with Crippen LogP contribution in [0.1, 0.15) is 41.3 Å². The zero-order chi connectivity index (χ0) is 20.7. The molecule has 0 amide bonds. The fourth-order valence-corrected chi connectivity index (χ4v) is 4.13. The summed E-state index contributed by atoms with van der Waals surface area (Å²) in [6, 6.07) is 24.8. The van der Waals surface area contributed by atoms with Crippen molar-refractivity contribution in [2.45, 2.75) is 26.3 Å². The Hall–Kier alpha value is -3.91. The van der Waals surface area contributed by atoms with Crippen molar-refractivity contribution in [2.75, 3.05) is 0 Å². The van der Waals surface area contributed by atoms with E-state index < -0.39 is 0 Å². The van der Waals surface area contributed by atoms with Gasteiger partial charge in [-0.25, -0.2) is 9.97 Å². The minimum Gasteiger partial charge on any atom is -0.342 e. The molecule has 2 heterocycles. The molecular formula is C25H21N5. The lowest BCUT2D eigenvalue weighted by Gasteiger charge is -2.18. The molecule has 0 aliphatic carbocycles. The Labute approximate surface area is 174 Å². The van der Waals surface area contributed by atoms with E-state index in [0.29, 0.717) is 12.0 Å². The molecule has 1 atom stereocenters. The van der Waals surface area contributed by atoms with Crippen molar-refractivity contribution < 1.29 is 0 Å². The van der Waals surface area contributed by atoms with E-state index in [2.05, 4.69) is 70.0 Å². The van der Waals surface area contributed by atoms with Crippen LogP contribution in [0.15, 0.2) is 66.7 Å². The van der Waals surface area contributed by atoms with Crippen molar-refractivity contribution in [1.29, 1.82) is 5.26 Å². The standard InChI is InChI=1S/C25H21N5/c1-16(20-6-4-3-5-7-20)30-24-13-19(15-26)9-11-22(24)29-25(30)14-18-8-10-21-23(12-18)28-17(2)27-21/h3-13,16H,14H2,1-2H3,(H,27,28)/t16-/m0/s1. The lowest BCUT2D eigenvalue weighted by Crippen LogP contribution is -2.11. The topological polar surface area (TPSA) is 70.3 Å². The lowest BCUT2D eigenvalue weighted by molar-refractivity contribution is 0.627. The second kappa shape index (κ2) is 7.16. The number of H-pyrrole nitrogens is 1. The van der Waals surface area contributed by atoms with E-state index in [4.69, 9.17) is 4.98 Å². The van der Waals surface area contributed by atoms with Gasteiger partial charge in [0.05, 0.1) is 39.7 Å². The number of nitriles is 1. The number of benzene rings is 3. The fourth-order valence-electron chi connectivity index (χ4n) is 4.13. The van der Waals surface area contributed by atoms with E-state index in [1.54, 1.807) is 0 Å². The normalized spacial score (nSPS) is 12.3. The van der Waals surface area contributed by atoms with Crippen LogP contribution in [0.4, 0.5) is 0 Å². The number of aromatic amines is 1. The number of aromatic nitrogens is 4. The van der Waals surface area contributed by atoms with Crippen LogP contribution in [0.25, 0.3) is 22.1 Å². The summed E-state index contributed by atoms with van der Waals surface area (Å²) in [4.78, 5) is 12.8. The molecular weight excluding hydrogens is 370 g/mol. The highest BCUT2D eigenvalue weighted by molar-refractivity contribution is 5.79. The van der Waals surface area contributed by atoms with Gasteiger partial charge in [-0.1, -0.05) is 36.4 Å². The Morgan fingerprint density at radius 1 is 1.00 bits per heavy atom. The van der Waals surface area contributed by atoms with E-state index in [-0.39, 0.29) is 6.04 Å². The zero-order valence-electron chi connectivity index (χ0n) is 16.9. The molecule has 0 bridgehead atoms. The van der Waals surface area contributed by atoms with Gasteiger partial charge in [0.25, 0.3) is 0 Å². The van der Waals surface area contributed by atoms with Crippen molar-refractivity contribution in [2.24, 2.45) is 0 Å². The third-order valence-corrected chi connectivity index (χ3v) is 5.59. The average molecular weight is 391 g/mol. The van der Waals surface area contributed by atoms with Gasteiger partial charge in [-0.3, -0.25) is 0 Å². The smallest absolute Gasteiger partial charge is 0.114 e. The summed E-state index contributed by atoms with van der Waals surface area (Å²) in [6.07, 6.45) is 0.696. The first kappa shape index (κ1) is 18.1. The SMILES string of the molecule is Cc1nc2ccc(Cc3nc4ccc(C#N)cc4n3[C@@H](C)c3ccccc3)cc2[nH]1. The van der Waals surface area contributed by atoms with Crippen molar-refractivity contribution in [3.05, 3.63) is 95.1 Å². The van der Waals surface area contributed by atoms with Crippen LogP contribution in [-0.4, -0.2) is 19.5 Å². The molecule has 0 saturated carbocycles. The Morgan fingerprint density at radius 2 is 1.80 bits per heavy atom. The van der Waals surface area contributed by atoms with Gasteiger partial charge >= 0.3 is 0 Å². The molecule has 5 aromatic rings. The summed E-state index contributed by atoms with van der Waals surface area (Å²) in [5.74, 6) is 1.89. The van der Waals surface area contributed by atoms with Gasteiger partial charge in [0.1, 0.15) is 11.6 Å². The molecule has 2 aromatic heterocycles. The molecule has 30 heavy (non-hydrogen) atoms. The molecule has 0 spiro atoms. The molecule has 0 radical (unpaired) electrons. The predicted molar refractivity (Wildman–Crippen MR) is 118 cm³/mol. The molecule has 3 aromatic carbocycles. The molecule has 5 rings (SSSR count). The fraction of sp³-hybridized carbons (Fsp3) is 0.160. The third-order valence-electron chi connectivity index (χ3n) is 5.59. The zero-order valence-corrected chi connectivity index (χ0v) is 16.9. The highest BCUT2D eigenvalue weighted by Gasteiger charge is 2.18. The Bertz CT molecular complexity index is 1400. The summed E-state index contributed by atoms with van der Waals surface area (Å²) in [5.41, 5.74) is 6.93. The van der Waals surface area contributed by atoms with Gasteiger partial charge in [0.15, 0.2) is 0 Å². The quantitative estimate of drug-likeness (QED) is 0.452. The van der Waals surface area contributed by atoms with Gasteiger partial charge in [0, 0.05) is 6.42 Å². The minimum absolute atomic E-state index is 0.0956. The number of aryl methyl sites for hydroxylation is 1. The van der Waals surface area contributed by atoms with E-state index in [0.717, 1.165) is 33.7 Å². The summed E-state index contributed by atoms with van der Waals surface area (Å²) in [7, 11) is 0. The maximum Gasteiger partial charge on any atom is 0.114 e. The van der Waals surface area contributed by atoms with E-state index >= 15 is 0 Å². The van der Waals surface area contributed by atoms with Gasteiger partial charge < -0.3 is 9.55 Å². The summed E-state index contributed by atoms with van der Waals surface area (Å²) in [5, 5.41) is 9.40. The largest absolute Gasteiger partial charge is 0.342 e. The first-order valence-electron chi connectivity index (χ1n) is 10.0. The number of hydrogen-bond donors (Lipinski definition) is 1. The summed E-state index contributed by atoms with van der Waals surface area (Å²) < 4.78 is 2.26. The van der Waals surface area contributed by atoms with Crippen molar-refractivity contribution >= 4 is 22.1 Å². The Morgan fingerprint density at radius 3 is 2.60 bits per heavy atom. The Balaban J connectivity index is 1.65. The maximum absolute atomic E-state index is 9.40. The number of fused-ring (bicyclic) bond motifs is 2. The van der Waals surface area contributed by atoms with E-state index in [1.807, 2.05) is 31.2 Å². The molecule has 0 aliphatic rings. The maximum atomic E-state index is 9.40. The highest BCUT2D eigenvalue weighted by atomic mass is 15.1. The number of hydrogen-bond acceptors (Lipinski definition) is 3. The van der Waals surface area contributed by atoms with Crippen molar-refractivity contribution in [1.82, 2.24) is 19.5 Å². The number of nitrogens with one attached hydrogen (secondary N) is 1. The minimum atomic E-state index is 0.0956. The van der Waals surface area contributed by atoms with Crippen LogP contribution in [0, 0.1) is 18.3 Å². The van der Waals surface area contributed by atoms with Crippen LogP contribution in [0.2, 0.25) is 0 Å². The second-order valence-electron chi connectivity index (χ2n) is 7.65. The molecule has 5 heteroatoms. The molecule has 0 fully saturated rings. The Kier molecular flexibility index (Phi) is 4.33. The van der Waals surface area contributed by atoms with Gasteiger partial charge in [-0.2, -0.15) is 5.26 Å². The monoisotopic (exact) mass is 391 g/mol. The van der Waals surface area contributed by atoms with Crippen molar-refractivity contribution in [3.63, 3.8) is 0 Å². The number of rotatable bonds is 4. The van der Waals surface area contributed by atoms with Gasteiger partial charge in [-0.05, 0) is 55.3 Å². The average Bonchev–Trinajstić information content (AvgIpc) is 3.31. The number of imidazole rings is 2. The molecule has 0 unspecified atom stereocenters.